The standard InChI is InChI=1S/C26H28N2O8/c1-5-33-25(30)23-18(27-26(31)28-24(23)19-8-6-14(2)35-19)13-34-22(29)9-7-16-11-21-17(10-15(3)36-21)12-20(16)32-4/h6-9,11-12,15,24H,5,10,13H2,1-4H3,(H2,27,28,31)/b9-7+. The Labute approximate surface area is 208 Å². The summed E-state index contributed by atoms with van der Waals surface area (Å²) in [6, 6.07) is 5.61. The van der Waals surface area contributed by atoms with Crippen molar-refractivity contribution < 1.29 is 37.7 Å². The lowest BCUT2D eigenvalue weighted by Crippen LogP contribution is -2.47. The number of carbonyl (C=O) groups excluding carboxylic acids is 3. The molecule has 0 saturated carbocycles. The van der Waals surface area contributed by atoms with Crippen molar-refractivity contribution in [2.75, 3.05) is 20.3 Å². The molecule has 2 unspecified atom stereocenters. The van der Waals surface area contributed by atoms with Crippen LogP contribution in [0.2, 0.25) is 0 Å². The fourth-order valence-electron chi connectivity index (χ4n) is 4.12. The summed E-state index contributed by atoms with van der Waals surface area (Å²) in [7, 11) is 1.55. The fourth-order valence-corrected chi connectivity index (χ4v) is 4.12. The van der Waals surface area contributed by atoms with Gasteiger partial charge in [0.2, 0.25) is 0 Å². The Morgan fingerprint density at radius 1 is 1.22 bits per heavy atom. The average molecular weight is 497 g/mol. The predicted molar refractivity (Wildman–Crippen MR) is 128 cm³/mol. The van der Waals surface area contributed by atoms with Crippen LogP contribution >= 0.6 is 0 Å². The highest BCUT2D eigenvalue weighted by Gasteiger charge is 2.36. The van der Waals surface area contributed by atoms with Gasteiger partial charge in [-0.1, -0.05) is 0 Å². The van der Waals surface area contributed by atoms with Gasteiger partial charge in [-0.2, -0.15) is 0 Å². The fraction of sp³-hybridized carbons (Fsp3) is 0.346. The van der Waals surface area contributed by atoms with Crippen LogP contribution in [0.1, 0.15) is 42.5 Å². The highest BCUT2D eigenvalue weighted by molar-refractivity contribution is 5.95. The van der Waals surface area contributed by atoms with E-state index < -0.39 is 24.0 Å². The number of fused-ring (bicyclic) bond motifs is 1. The van der Waals surface area contributed by atoms with E-state index in [9.17, 15) is 14.4 Å². The van der Waals surface area contributed by atoms with E-state index in [0.717, 1.165) is 17.7 Å². The Morgan fingerprint density at radius 2 is 2.03 bits per heavy atom. The number of rotatable bonds is 8. The average Bonchev–Trinajstić information content (AvgIpc) is 3.44. The summed E-state index contributed by atoms with van der Waals surface area (Å²) in [6.07, 6.45) is 3.66. The number of urea groups is 1. The van der Waals surface area contributed by atoms with Crippen molar-refractivity contribution in [3.8, 4) is 11.5 Å². The summed E-state index contributed by atoms with van der Waals surface area (Å²) >= 11 is 0. The van der Waals surface area contributed by atoms with Gasteiger partial charge in [0.25, 0.3) is 0 Å². The minimum atomic E-state index is -0.895. The molecule has 2 aliphatic heterocycles. The lowest BCUT2D eigenvalue weighted by molar-refractivity contribution is -0.140. The van der Waals surface area contributed by atoms with E-state index >= 15 is 0 Å². The molecule has 2 amide bonds. The number of aryl methyl sites for hydroxylation is 1. The summed E-state index contributed by atoms with van der Waals surface area (Å²) in [5.41, 5.74) is 1.89. The van der Waals surface area contributed by atoms with Crippen LogP contribution in [0.4, 0.5) is 4.79 Å². The molecule has 3 heterocycles. The van der Waals surface area contributed by atoms with Crippen molar-refractivity contribution in [3.63, 3.8) is 0 Å². The smallest absolute Gasteiger partial charge is 0.338 e. The van der Waals surface area contributed by atoms with Crippen LogP contribution in [0.15, 0.2) is 46.0 Å². The largest absolute Gasteiger partial charge is 0.496 e. The second-order valence-corrected chi connectivity index (χ2v) is 8.37. The maximum atomic E-state index is 12.8. The summed E-state index contributed by atoms with van der Waals surface area (Å²) < 4.78 is 27.4. The van der Waals surface area contributed by atoms with Gasteiger partial charge in [-0.15, -0.1) is 0 Å². The first-order chi connectivity index (χ1) is 17.3. The van der Waals surface area contributed by atoms with Gasteiger partial charge in [-0.3, -0.25) is 0 Å². The normalized spacial score (nSPS) is 18.8. The molecular weight excluding hydrogens is 468 g/mol. The van der Waals surface area contributed by atoms with Gasteiger partial charge < -0.3 is 34.0 Å². The van der Waals surface area contributed by atoms with Crippen molar-refractivity contribution in [2.24, 2.45) is 0 Å². The number of nitrogens with one attached hydrogen (secondary N) is 2. The van der Waals surface area contributed by atoms with Crippen LogP contribution in [0.25, 0.3) is 6.08 Å². The molecule has 1 aromatic heterocycles. The zero-order valence-electron chi connectivity index (χ0n) is 20.5. The summed E-state index contributed by atoms with van der Waals surface area (Å²) in [5.74, 6) is 0.973. The molecule has 1 aromatic carbocycles. The highest BCUT2D eigenvalue weighted by atomic mass is 16.5. The van der Waals surface area contributed by atoms with Gasteiger partial charge in [0, 0.05) is 23.6 Å². The van der Waals surface area contributed by atoms with E-state index in [2.05, 4.69) is 10.6 Å². The van der Waals surface area contributed by atoms with Gasteiger partial charge in [0.05, 0.1) is 25.0 Å². The first-order valence-corrected chi connectivity index (χ1v) is 11.6. The highest BCUT2D eigenvalue weighted by Crippen LogP contribution is 2.35. The molecule has 190 valence electrons. The molecule has 10 heteroatoms. The van der Waals surface area contributed by atoms with Gasteiger partial charge in [0.1, 0.15) is 41.8 Å². The molecule has 36 heavy (non-hydrogen) atoms. The molecule has 0 radical (unpaired) electrons. The molecule has 2 aliphatic rings. The van der Waals surface area contributed by atoms with Crippen LogP contribution in [0.5, 0.6) is 11.5 Å². The summed E-state index contributed by atoms with van der Waals surface area (Å²) in [6.45, 7) is 5.17. The maximum Gasteiger partial charge on any atom is 0.338 e. The molecule has 0 bridgehead atoms. The number of carbonyl (C=O) groups is 3. The second-order valence-electron chi connectivity index (χ2n) is 8.37. The van der Waals surface area contributed by atoms with Crippen LogP contribution in [0.3, 0.4) is 0 Å². The van der Waals surface area contributed by atoms with Crippen LogP contribution in [-0.2, 0) is 25.5 Å². The third-order valence-corrected chi connectivity index (χ3v) is 5.70. The Bertz CT molecular complexity index is 1240. The van der Waals surface area contributed by atoms with Crippen molar-refractivity contribution in [2.45, 2.75) is 39.3 Å². The Morgan fingerprint density at radius 3 is 2.72 bits per heavy atom. The predicted octanol–water partition coefficient (Wildman–Crippen LogP) is 3.35. The third kappa shape index (κ3) is 5.37. The zero-order valence-corrected chi connectivity index (χ0v) is 20.5. The van der Waals surface area contributed by atoms with E-state index in [0.29, 0.717) is 22.8 Å². The number of benzene rings is 1. The molecule has 2 N–H and O–H groups in total. The van der Waals surface area contributed by atoms with E-state index in [4.69, 9.17) is 23.4 Å². The summed E-state index contributed by atoms with van der Waals surface area (Å²) in [4.78, 5) is 37.6. The SMILES string of the molecule is CCOC(=O)C1=C(COC(=O)/C=C/c2cc3c(cc2OC)CC(C)O3)NC(=O)NC1c1ccc(C)o1. The van der Waals surface area contributed by atoms with Crippen molar-refractivity contribution in [3.05, 3.63) is 64.3 Å². The van der Waals surface area contributed by atoms with E-state index in [1.54, 1.807) is 39.2 Å². The van der Waals surface area contributed by atoms with Gasteiger partial charge >= 0.3 is 18.0 Å². The van der Waals surface area contributed by atoms with E-state index in [1.165, 1.54) is 6.08 Å². The third-order valence-electron chi connectivity index (χ3n) is 5.70. The van der Waals surface area contributed by atoms with Crippen molar-refractivity contribution >= 4 is 24.0 Å². The topological polar surface area (TPSA) is 125 Å². The lowest BCUT2D eigenvalue weighted by Gasteiger charge is -2.27. The van der Waals surface area contributed by atoms with Crippen molar-refractivity contribution in [1.29, 1.82) is 0 Å². The maximum absolute atomic E-state index is 12.8. The second kappa shape index (κ2) is 10.6. The summed E-state index contributed by atoms with van der Waals surface area (Å²) in [5, 5.41) is 5.19. The van der Waals surface area contributed by atoms with Gasteiger partial charge in [-0.05, 0) is 51.1 Å². The number of methoxy groups -OCH3 is 1. The molecule has 10 nitrogen and oxygen atoms in total. The number of amides is 2. The molecular formula is C26H28N2O8. The molecule has 0 aliphatic carbocycles. The minimum absolute atomic E-state index is 0.0740. The number of furan rings is 1. The Kier molecular flexibility index (Phi) is 7.33. The zero-order chi connectivity index (χ0) is 25.8. The minimum Gasteiger partial charge on any atom is -0.496 e. The van der Waals surface area contributed by atoms with Crippen LogP contribution in [0, 0.1) is 6.92 Å². The van der Waals surface area contributed by atoms with Crippen LogP contribution < -0.4 is 20.1 Å². The van der Waals surface area contributed by atoms with Crippen LogP contribution in [-0.4, -0.2) is 44.4 Å². The molecule has 0 spiro atoms. The molecule has 4 rings (SSSR count). The monoisotopic (exact) mass is 496 g/mol. The molecule has 0 fully saturated rings. The quantitative estimate of drug-likeness (QED) is 0.421. The first kappa shape index (κ1) is 24.9. The number of hydrogen-bond acceptors (Lipinski definition) is 8. The van der Waals surface area contributed by atoms with E-state index in [1.807, 2.05) is 19.1 Å². The lowest BCUT2D eigenvalue weighted by atomic mass is 10.0. The number of ether oxygens (including phenoxy) is 4. The van der Waals surface area contributed by atoms with Gasteiger partial charge in [0.15, 0.2) is 0 Å². The first-order valence-electron chi connectivity index (χ1n) is 11.6. The Hall–Kier alpha value is -4.21. The van der Waals surface area contributed by atoms with Gasteiger partial charge in [-0.25, -0.2) is 14.4 Å². The van der Waals surface area contributed by atoms with Crippen molar-refractivity contribution in [1.82, 2.24) is 10.6 Å². The van der Waals surface area contributed by atoms with E-state index in [-0.39, 0.29) is 30.6 Å². The molecule has 2 aromatic rings. The molecule has 2 atom stereocenters. The number of esters is 2. The Balaban J connectivity index is 1.53. The molecule has 0 saturated heterocycles. The number of hydrogen-bond donors (Lipinski definition) is 2.